The molecular formula is C12H14BrNO3. The van der Waals surface area contributed by atoms with Crippen LogP contribution < -0.4 is 10.5 Å². The number of rotatable bonds is 2. The van der Waals surface area contributed by atoms with Gasteiger partial charge in [0.15, 0.2) is 0 Å². The number of hydrogen-bond donors (Lipinski definition) is 1. The van der Waals surface area contributed by atoms with E-state index in [-0.39, 0.29) is 5.97 Å². The summed E-state index contributed by atoms with van der Waals surface area (Å²) in [6.45, 7) is 3.83. The summed E-state index contributed by atoms with van der Waals surface area (Å²) in [5.74, 6) is 0.220. The molecule has 0 aromatic heterocycles. The van der Waals surface area contributed by atoms with Crippen molar-refractivity contribution in [3.63, 3.8) is 0 Å². The number of halogens is 1. The third-order valence-electron chi connectivity index (χ3n) is 2.78. The summed E-state index contributed by atoms with van der Waals surface area (Å²) in [5, 5.41) is 0. The fourth-order valence-electron chi connectivity index (χ4n) is 1.90. The predicted octanol–water partition coefficient (Wildman–Crippen LogP) is 2.29. The summed E-state index contributed by atoms with van der Waals surface area (Å²) in [4.78, 5) is 11.9. The van der Waals surface area contributed by atoms with Crippen molar-refractivity contribution in [2.45, 2.75) is 25.9 Å². The van der Waals surface area contributed by atoms with Gasteiger partial charge in [-0.25, -0.2) is 4.79 Å². The number of esters is 1. The van der Waals surface area contributed by atoms with Gasteiger partial charge in [-0.15, -0.1) is 0 Å². The summed E-state index contributed by atoms with van der Waals surface area (Å²) in [5.41, 5.74) is 6.32. The first kappa shape index (κ1) is 12.2. The van der Waals surface area contributed by atoms with E-state index >= 15 is 0 Å². The second-order valence-corrected chi connectivity index (χ2v) is 5.03. The van der Waals surface area contributed by atoms with E-state index < -0.39 is 5.60 Å². The number of benzene rings is 1. The fourth-order valence-corrected chi connectivity index (χ4v) is 2.36. The highest BCUT2D eigenvalue weighted by molar-refractivity contribution is 9.10. The normalized spacial score (nSPS) is 21.8. The highest BCUT2D eigenvalue weighted by Gasteiger charge is 2.44. The summed E-state index contributed by atoms with van der Waals surface area (Å²) in [6.07, 6.45) is 0.465. The van der Waals surface area contributed by atoms with Crippen molar-refractivity contribution < 1.29 is 14.3 Å². The molecule has 17 heavy (non-hydrogen) atoms. The Hall–Kier alpha value is -1.23. The summed E-state index contributed by atoms with van der Waals surface area (Å²) in [6, 6.07) is 3.61. The molecule has 2 N–H and O–H groups in total. The third kappa shape index (κ3) is 1.99. The maximum atomic E-state index is 11.9. The minimum atomic E-state index is -0.976. The molecule has 1 atom stereocenters. The fraction of sp³-hybridized carbons (Fsp3) is 0.417. The van der Waals surface area contributed by atoms with Gasteiger partial charge in [-0.1, -0.05) is 15.9 Å². The number of carbonyl (C=O) groups excluding carboxylic acids is 1. The van der Waals surface area contributed by atoms with Crippen LogP contribution in [-0.4, -0.2) is 18.2 Å². The minimum Gasteiger partial charge on any atom is -0.473 e. The van der Waals surface area contributed by atoms with E-state index in [0.29, 0.717) is 24.5 Å². The maximum absolute atomic E-state index is 11.9. The van der Waals surface area contributed by atoms with Crippen molar-refractivity contribution in [3.05, 3.63) is 22.2 Å². The van der Waals surface area contributed by atoms with Crippen molar-refractivity contribution in [2.24, 2.45) is 0 Å². The molecule has 0 amide bonds. The molecule has 0 saturated carbocycles. The second kappa shape index (κ2) is 4.22. The zero-order valence-corrected chi connectivity index (χ0v) is 11.3. The number of hydrogen-bond acceptors (Lipinski definition) is 4. The molecule has 2 rings (SSSR count). The Balaban J connectivity index is 2.35. The van der Waals surface area contributed by atoms with E-state index in [2.05, 4.69) is 15.9 Å². The van der Waals surface area contributed by atoms with Crippen molar-refractivity contribution in [1.82, 2.24) is 0 Å². The number of nitrogens with two attached hydrogens (primary N) is 1. The van der Waals surface area contributed by atoms with E-state index in [9.17, 15) is 4.79 Å². The first-order valence-electron chi connectivity index (χ1n) is 5.41. The number of carbonyl (C=O) groups is 1. The first-order valence-corrected chi connectivity index (χ1v) is 6.20. The average molecular weight is 300 g/mol. The molecule has 1 aromatic carbocycles. The molecule has 1 heterocycles. The Morgan fingerprint density at radius 1 is 1.65 bits per heavy atom. The molecule has 0 fully saturated rings. The van der Waals surface area contributed by atoms with Crippen LogP contribution in [0.1, 0.15) is 19.4 Å². The summed E-state index contributed by atoms with van der Waals surface area (Å²) < 4.78 is 11.6. The number of ether oxygens (including phenoxy) is 2. The molecule has 0 spiro atoms. The third-order valence-corrected chi connectivity index (χ3v) is 3.53. The first-order chi connectivity index (χ1) is 7.98. The second-order valence-electron chi connectivity index (χ2n) is 4.17. The molecule has 1 aliphatic rings. The predicted molar refractivity (Wildman–Crippen MR) is 67.9 cm³/mol. The Bertz CT molecular complexity index is 442. The van der Waals surface area contributed by atoms with Gasteiger partial charge in [-0.05, 0) is 26.0 Å². The molecule has 0 aliphatic carbocycles. The van der Waals surface area contributed by atoms with Gasteiger partial charge < -0.3 is 15.2 Å². The van der Waals surface area contributed by atoms with Crippen LogP contribution in [0.5, 0.6) is 5.75 Å². The van der Waals surface area contributed by atoms with Crippen LogP contribution in [0.3, 0.4) is 0 Å². The molecule has 0 radical (unpaired) electrons. The van der Waals surface area contributed by atoms with Gasteiger partial charge in [-0.3, -0.25) is 0 Å². The van der Waals surface area contributed by atoms with Gasteiger partial charge in [-0.2, -0.15) is 0 Å². The topological polar surface area (TPSA) is 61.5 Å². The molecule has 0 bridgehead atoms. The van der Waals surface area contributed by atoms with Gasteiger partial charge in [0.25, 0.3) is 0 Å². The molecule has 4 nitrogen and oxygen atoms in total. The number of nitrogen functional groups attached to an aromatic ring is 1. The van der Waals surface area contributed by atoms with Gasteiger partial charge >= 0.3 is 5.97 Å². The maximum Gasteiger partial charge on any atom is 0.350 e. The van der Waals surface area contributed by atoms with Gasteiger partial charge in [0.2, 0.25) is 5.60 Å². The lowest BCUT2D eigenvalue weighted by Crippen LogP contribution is -2.41. The zero-order valence-electron chi connectivity index (χ0n) is 9.75. The highest BCUT2D eigenvalue weighted by Crippen LogP contribution is 2.43. The largest absolute Gasteiger partial charge is 0.473 e. The Kier molecular flexibility index (Phi) is 3.03. The van der Waals surface area contributed by atoms with Gasteiger partial charge in [0.05, 0.1) is 12.3 Å². The summed E-state index contributed by atoms with van der Waals surface area (Å²) in [7, 11) is 0. The van der Waals surface area contributed by atoms with E-state index in [1.807, 2.05) is 6.07 Å². The van der Waals surface area contributed by atoms with Crippen LogP contribution in [0, 0.1) is 0 Å². The Morgan fingerprint density at radius 3 is 2.94 bits per heavy atom. The lowest BCUT2D eigenvalue weighted by Gasteiger charge is -2.21. The highest BCUT2D eigenvalue weighted by atomic mass is 79.9. The molecule has 5 heteroatoms. The quantitative estimate of drug-likeness (QED) is 0.672. The van der Waals surface area contributed by atoms with Crippen LogP contribution in [-0.2, 0) is 16.0 Å². The average Bonchev–Trinajstić information content (AvgIpc) is 2.65. The molecule has 92 valence electrons. The number of anilines is 1. The monoisotopic (exact) mass is 299 g/mol. The van der Waals surface area contributed by atoms with E-state index in [0.717, 1.165) is 10.0 Å². The SMILES string of the molecule is CCOC(=O)C1(C)Cc2c(Br)ccc(N)c2O1. The van der Waals surface area contributed by atoms with E-state index in [1.165, 1.54) is 0 Å². The van der Waals surface area contributed by atoms with Crippen molar-refractivity contribution in [3.8, 4) is 5.75 Å². The molecule has 1 aliphatic heterocycles. The molecular weight excluding hydrogens is 286 g/mol. The van der Waals surface area contributed by atoms with Crippen LogP contribution in [0.4, 0.5) is 5.69 Å². The zero-order chi connectivity index (χ0) is 12.6. The van der Waals surface area contributed by atoms with Crippen LogP contribution in [0.15, 0.2) is 16.6 Å². The van der Waals surface area contributed by atoms with Crippen LogP contribution >= 0.6 is 15.9 Å². The van der Waals surface area contributed by atoms with Crippen molar-refractivity contribution in [2.75, 3.05) is 12.3 Å². The van der Waals surface area contributed by atoms with Crippen LogP contribution in [0.25, 0.3) is 0 Å². The van der Waals surface area contributed by atoms with Gasteiger partial charge in [0, 0.05) is 16.5 Å². The minimum absolute atomic E-state index is 0.338. The lowest BCUT2D eigenvalue weighted by molar-refractivity contribution is -0.158. The van der Waals surface area contributed by atoms with Crippen molar-refractivity contribution >= 4 is 27.6 Å². The van der Waals surface area contributed by atoms with E-state index in [4.69, 9.17) is 15.2 Å². The van der Waals surface area contributed by atoms with Gasteiger partial charge in [0.1, 0.15) is 5.75 Å². The lowest BCUT2D eigenvalue weighted by atomic mass is 9.99. The van der Waals surface area contributed by atoms with E-state index in [1.54, 1.807) is 19.9 Å². The number of fused-ring (bicyclic) bond motifs is 1. The molecule has 1 unspecified atom stereocenters. The smallest absolute Gasteiger partial charge is 0.350 e. The summed E-state index contributed by atoms with van der Waals surface area (Å²) >= 11 is 3.43. The molecule has 0 saturated heterocycles. The van der Waals surface area contributed by atoms with Crippen molar-refractivity contribution in [1.29, 1.82) is 0 Å². The molecule has 1 aromatic rings. The Morgan fingerprint density at radius 2 is 2.35 bits per heavy atom. The standard InChI is InChI=1S/C12H14BrNO3/c1-3-16-11(15)12(2)6-7-8(13)4-5-9(14)10(7)17-12/h4-5H,3,6,14H2,1-2H3. The van der Waals surface area contributed by atoms with Crippen LogP contribution in [0.2, 0.25) is 0 Å². The Labute approximate surface area is 108 Å².